The molecule has 0 aliphatic heterocycles. The Kier molecular flexibility index (Phi) is 5.21. The number of amides is 1. The Balaban J connectivity index is 1.98. The first-order valence-electron chi connectivity index (χ1n) is 7.57. The molecule has 0 bridgehead atoms. The van der Waals surface area contributed by atoms with E-state index in [9.17, 15) is 9.59 Å². The van der Waals surface area contributed by atoms with Crippen molar-refractivity contribution in [1.82, 2.24) is 4.57 Å². The topological polar surface area (TPSA) is 60.3 Å². The van der Waals surface area contributed by atoms with Crippen molar-refractivity contribution in [1.29, 1.82) is 0 Å². The fraction of sp³-hybridized carbons (Fsp3) is 0.333. The van der Waals surface area contributed by atoms with Crippen molar-refractivity contribution in [3.05, 3.63) is 58.0 Å². The maximum atomic E-state index is 12.0. The van der Waals surface area contributed by atoms with Gasteiger partial charge in [0.15, 0.2) is 12.4 Å². The van der Waals surface area contributed by atoms with Crippen LogP contribution in [0.3, 0.4) is 0 Å². The zero-order valence-corrected chi connectivity index (χ0v) is 13.9. The molecule has 0 saturated carbocycles. The fourth-order valence-corrected chi connectivity index (χ4v) is 2.17. The molecule has 0 saturated heterocycles. The van der Waals surface area contributed by atoms with Gasteiger partial charge in [0.05, 0.1) is 5.69 Å². The fourth-order valence-electron chi connectivity index (χ4n) is 2.17. The number of benzene rings is 1. The van der Waals surface area contributed by atoms with Crippen molar-refractivity contribution in [2.24, 2.45) is 7.05 Å². The molecule has 1 aromatic heterocycles. The molecule has 0 fully saturated rings. The Hall–Kier alpha value is -2.56. The third-order valence-corrected chi connectivity index (χ3v) is 3.74. The van der Waals surface area contributed by atoms with E-state index in [1.807, 2.05) is 31.3 Å². The number of nitrogens with zero attached hydrogens (tertiary/aromatic N) is 1. The molecule has 1 N–H and O–H groups in total. The van der Waals surface area contributed by atoms with E-state index in [1.165, 1.54) is 11.6 Å². The van der Waals surface area contributed by atoms with Crippen molar-refractivity contribution in [3.8, 4) is 5.75 Å². The SMILES string of the molecule is Cc1c(OCC(=O)Nc2ccc(C(C)C)cc2)c(=O)ccn1C. The van der Waals surface area contributed by atoms with Gasteiger partial charge in [-0.1, -0.05) is 26.0 Å². The van der Waals surface area contributed by atoms with Crippen LogP contribution in [0.5, 0.6) is 5.75 Å². The number of aromatic nitrogens is 1. The Morgan fingerprint density at radius 2 is 1.87 bits per heavy atom. The quantitative estimate of drug-likeness (QED) is 0.923. The minimum absolute atomic E-state index is 0.202. The number of pyridine rings is 1. The molecular formula is C18H22N2O3. The van der Waals surface area contributed by atoms with Crippen molar-refractivity contribution < 1.29 is 9.53 Å². The van der Waals surface area contributed by atoms with Crippen LogP contribution < -0.4 is 15.5 Å². The molecule has 5 heteroatoms. The van der Waals surface area contributed by atoms with Gasteiger partial charge in [0.1, 0.15) is 0 Å². The molecule has 0 unspecified atom stereocenters. The van der Waals surface area contributed by atoms with Gasteiger partial charge in [0, 0.05) is 25.0 Å². The first kappa shape index (κ1) is 16.8. The molecule has 1 heterocycles. The van der Waals surface area contributed by atoms with E-state index in [0.717, 1.165) is 0 Å². The highest BCUT2D eigenvalue weighted by Gasteiger charge is 2.10. The van der Waals surface area contributed by atoms with E-state index in [0.29, 0.717) is 17.3 Å². The number of carbonyl (C=O) groups excluding carboxylic acids is 1. The Labute approximate surface area is 135 Å². The minimum Gasteiger partial charge on any atom is -0.478 e. The van der Waals surface area contributed by atoms with Crippen molar-refractivity contribution >= 4 is 11.6 Å². The molecule has 0 atom stereocenters. The van der Waals surface area contributed by atoms with E-state index < -0.39 is 0 Å². The number of aryl methyl sites for hydroxylation is 1. The summed E-state index contributed by atoms with van der Waals surface area (Å²) in [5, 5.41) is 2.76. The van der Waals surface area contributed by atoms with Gasteiger partial charge in [-0.3, -0.25) is 9.59 Å². The summed E-state index contributed by atoms with van der Waals surface area (Å²) in [6.07, 6.45) is 1.67. The van der Waals surface area contributed by atoms with Crippen LogP contribution in [0.25, 0.3) is 0 Å². The zero-order valence-electron chi connectivity index (χ0n) is 13.9. The van der Waals surface area contributed by atoms with E-state index in [4.69, 9.17) is 4.74 Å². The average molecular weight is 314 g/mol. The van der Waals surface area contributed by atoms with Crippen molar-refractivity contribution in [2.75, 3.05) is 11.9 Å². The molecule has 0 spiro atoms. The molecular weight excluding hydrogens is 292 g/mol. The summed E-state index contributed by atoms with van der Waals surface area (Å²) in [4.78, 5) is 23.8. The molecule has 0 radical (unpaired) electrons. The second-order valence-electron chi connectivity index (χ2n) is 5.82. The molecule has 1 amide bonds. The number of hydrogen-bond acceptors (Lipinski definition) is 3. The molecule has 23 heavy (non-hydrogen) atoms. The summed E-state index contributed by atoms with van der Waals surface area (Å²) in [6, 6.07) is 9.11. The largest absolute Gasteiger partial charge is 0.478 e. The van der Waals surface area contributed by atoms with Crippen molar-refractivity contribution in [3.63, 3.8) is 0 Å². The number of anilines is 1. The lowest BCUT2D eigenvalue weighted by Crippen LogP contribution is -2.23. The Bertz CT molecular complexity index is 746. The van der Waals surface area contributed by atoms with E-state index >= 15 is 0 Å². The van der Waals surface area contributed by atoms with Gasteiger partial charge in [0.25, 0.3) is 5.91 Å². The van der Waals surface area contributed by atoms with Gasteiger partial charge in [-0.2, -0.15) is 0 Å². The predicted octanol–water partition coefficient (Wildman–Crippen LogP) is 2.83. The van der Waals surface area contributed by atoms with Crippen LogP contribution in [-0.4, -0.2) is 17.1 Å². The second-order valence-corrected chi connectivity index (χ2v) is 5.82. The number of ether oxygens (including phenoxy) is 1. The lowest BCUT2D eigenvalue weighted by atomic mass is 10.0. The Morgan fingerprint density at radius 1 is 1.22 bits per heavy atom. The molecule has 0 aliphatic rings. The number of rotatable bonds is 5. The molecule has 2 rings (SSSR count). The standard InChI is InChI=1S/C18H22N2O3/c1-12(2)14-5-7-15(8-6-14)19-17(22)11-23-18-13(3)20(4)10-9-16(18)21/h5-10,12H,11H2,1-4H3,(H,19,22). The maximum absolute atomic E-state index is 12.0. The van der Waals surface area contributed by atoms with E-state index in [-0.39, 0.29) is 23.7 Å². The zero-order chi connectivity index (χ0) is 17.0. The normalized spacial score (nSPS) is 10.7. The summed E-state index contributed by atoms with van der Waals surface area (Å²) >= 11 is 0. The lowest BCUT2D eigenvalue weighted by Gasteiger charge is -2.12. The molecule has 122 valence electrons. The highest BCUT2D eigenvalue weighted by molar-refractivity contribution is 5.91. The molecule has 0 aliphatic carbocycles. The number of carbonyl (C=O) groups is 1. The molecule has 1 aromatic carbocycles. The van der Waals surface area contributed by atoms with Crippen LogP contribution in [0.15, 0.2) is 41.3 Å². The van der Waals surface area contributed by atoms with Gasteiger partial charge >= 0.3 is 0 Å². The van der Waals surface area contributed by atoms with Gasteiger partial charge in [-0.05, 0) is 30.5 Å². The third-order valence-electron chi connectivity index (χ3n) is 3.74. The summed E-state index contributed by atoms with van der Waals surface area (Å²) in [5.41, 5.74) is 2.38. The van der Waals surface area contributed by atoms with Gasteiger partial charge in [0.2, 0.25) is 5.43 Å². The van der Waals surface area contributed by atoms with Gasteiger partial charge in [-0.15, -0.1) is 0 Å². The highest BCUT2D eigenvalue weighted by atomic mass is 16.5. The average Bonchev–Trinajstić information content (AvgIpc) is 2.51. The summed E-state index contributed by atoms with van der Waals surface area (Å²) < 4.78 is 7.18. The highest BCUT2D eigenvalue weighted by Crippen LogP contribution is 2.17. The van der Waals surface area contributed by atoms with Crippen LogP contribution in [0, 0.1) is 6.92 Å². The van der Waals surface area contributed by atoms with E-state index in [2.05, 4.69) is 19.2 Å². The number of nitrogens with one attached hydrogen (secondary N) is 1. The van der Waals surface area contributed by atoms with Crippen LogP contribution >= 0.6 is 0 Å². The first-order valence-corrected chi connectivity index (χ1v) is 7.57. The monoisotopic (exact) mass is 314 g/mol. The van der Waals surface area contributed by atoms with Crippen LogP contribution in [-0.2, 0) is 11.8 Å². The minimum atomic E-state index is -0.299. The summed E-state index contributed by atoms with van der Waals surface area (Å²) in [5.74, 6) is 0.355. The van der Waals surface area contributed by atoms with Gasteiger partial charge < -0.3 is 14.6 Å². The van der Waals surface area contributed by atoms with Crippen LogP contribution in [0.4, 0.5) is 5.69 Å². The lowest BCUT2D eigenvalue weighted by molar-refractivity contribution is -0.118. The third kappa shape index (κ3) is 4.22. The smallest absolute Gasteiger partial charge is 0.262 e. The van der Waals surface area contributed by atoms with Gasteiger partial charge in [-0.25, -0.2) is 0 Å². The second kappa shape index (κ2) is 7.13. The van der Waals surface area contributed by atoms with E-state index in [1.54, 1.807) is 17.7 Å². The first-order chi connectivity index (χ1) is 10.9. The summed E-state index contributed by atoms with van der Waals surface area (Å²) in [6.45, 7) is 5.81. The predicted molar refractivity (Wildman–Crippen MR) is 91.1 cm³/mol. The van der Waals surface area contributed by atoms with Crippen molar-refractivity contribution in [2.45, 2.75) is 26.7 Å². The molecule has 2 aromatic rings. The molecule has 5 nitrogen and oxygen atoms in total. The summed E-state index contributed by atoms with van der Waals surface area (Å²) in [7, 11) is 1.82. The maximum Gasteiger partial charge on any atom is 0.262 e. The van der Waals surface area contributed by atoms with Crippen LogP contribution in [0.2, 0.25) is 0 Å². The van der Waals surface area contributed by atoms with Crippen LogP contribution in [0.1, 0.15) is 31.0 Å². The number of hydrogen-bond donors (Lipinski definition) is 1. The Morgan fingerprint density at radius 3 is 2.48 bits per heavy atom.